The SMILES string of the molecule is O=S(=O)(NC(C/C=C/C/C=C/c1ccccc1)c1ccccc1)c1ccccc1. The van der Waals surface area contributed by atoms with Crippen LogP contribution in [0.25, 0.3) is 6.08 Å². The van der Waals surface area contributed by atoms with E-state index in [1.807, 2.05) is 54.6 Å². The maximum absolute atomic E-state index is 12.8. The molecule has 1 N–H and O–H groups in total. The van der Waals surface area contributed by atoms with Gasteiger partial charge in [-0.15, -0.1) is 0 Å². The topological polar surface area (TPSA) is 46.2 Å². The van der Waals surface area contributed by atoms with Crippen LogP contribution in [-0.4, -0.2) is 8.42 Å². The molecule has 0 spiro atoms. The van der Waals surface area contributed by atoms with Crippen molar-refractivity contribution in [2.24, 2.45) is 0 Å². The van der Waals surface area contributed by atoms with E-state index in [1.54, 1.807) is 30.3 Å². The quantitative estimate of drug-likeness (QED) is 0.462. The zero-order valence-corrected chi connectivity index (χ0v) is 17.0. The van der Waals surface area contributed by atoms with E-state index in [4.69, 9.17) is 0 Å². The largest absolute Gasteiger partial charge is 0.241 e. The lowest BCUT2D eigenvalue weighted by atomic mass is 10.0. The minimum absolute atomic E-state index is 0.274. The Morgan fingerprint density at radius 1 is 0.724 bits per heavy atom. The molecule has 148 valence electrons. The van der Waals surface area contributed by atoms with Crippen molar-refractivity contribution in [2.45, 2.75) is 23.8 Å². The first kappa shape index (κ1) is 20.8. The van der Waals surface area contributed by atoms with E-state index >= 15 is 0 Å². The average Bonchev–Trinajstić information content (AvgIpc) is 2.77. The van der Waals surface area contributed by atoms with Gasteiger partial charge >= 0.3 is 0 Å². The second kappa shape index (κ2) is 10.6. The normalized spacial score (nSPS) is 13.1. The Hall–Kier alpha value is -2.95. The molecular weight excluding hydrogens is 378 g/mol. The van der Waals surface area contributed by atoms with Gasteiger partial charge in [0.15, 0.2) is 0 Å². The van der Waals surface area contributed by atoms with Crippen molar-refractivity contribution in [3.8, 4) is 0 Å². The van der Waals surface area contributed by atoms with Gasteiger partial charge in [0.25, 0.3) is 0 Å². The van der Waals surface area contributed by atoms with Crippen molar-refractivity contribution in [3.63, 3.8) is 0 Å². The number of allylic oxidation sites excluding steroid dienone is 2. The van der Waals surface area contributed by atoms with E-state index in [0.717, 1.165) is 12.0 Å². The van der Waals surface area contributed by atoms with Crippen molar-refractivity contribution < 1.29 is 8.42 Å². The lowest BCUT2D eigenvalue weighted by Gasteiger charge is -2.18. The van der Waals surface area contributed by atoms with Gasteiger partial charge in [-0.2, -0.15) is 0 Å². The summed E-state index contributed by atoms with van der Waals surface area (Å²) in [5.41, 5.74) is 2.11. The summed E-state index contributed by atoms with van der Waals surface area (Å²) >= 11 is 0. The lowest BCUT2D eigenvalue weighted by Crippen LogP contribution is -2.28. The maximum atomic E-state index is 12.8. The third-order valence-electron chi connectivity index (χ3n) is 4.47. The Morgan fingerprint density at radius 2 is 1.31 bits per heavy atom. The van der Waals surface area contributed by atoms with Crippen LogP contribution in [0.1, 0.15) is 30.0 Å². The summed E-state index contributed by atoms with van der Waals surface area (Å²) in [5, 5.41) is 0. The van der Waals surface area contributed by atoms with Gasteiger partial charge in [-0.1, -0.05) is 103 Å². The summed E-state index contributed by atoms with van der Waals surface area (Å²) in [5.74, 6) is 0. The highest BCUT2D eigenvalue weighted by Gasteiger charge is 2.20. The van der Waals surface area contributed by atoms with Gasteiger partial charge in [0.1, 0.15) is 0 Å². The Balaban J connectivity index is 1.66. The smallest absolute Gasteiger partial charge is 0.207 e. The predicted octanol–water partition coefficient (Wildman–Crippen LogP) is 5.76. The van der Waals surface area contributed by atoms with E-state index in [1.165, 1.54) is 5.56 Å². The third-order valence-corrected chi connectivity index (χ3v) is 5.96. The molecule has 3 aromatic carbocycles. The molecule has 0 aliphatic carbocycles. The summed E-state index contributed by atoms with van der Waals surface area (Å²) in [4.78, 5) is 0.274. The van der Waals surface area contributed by atoms with Crippen molar-refractivity contribution in [1.29, 1.82) is 0 Å². The molecule has 0 saturated carbocycles. The number of hydrogen-bond acceptors (Lipinski definition) is 2. The van der Waals surface area contributed by atoms with Crippen LogP contribution in [0, 0.1) is 0 Å². The number of benzene rings is 3. The van der Waals surface area contributed by atoms with Gasteiger partial charge in [-0.3, -0.25) is 0 Å². The molecule has 29 heavy (non-hydrogen) atoms. The highest BCUT2D eigenvalue weighted by molar-refractivity contribution is 7.89. The van der Waals surface area contributed by atoms with E-state index in [0.29, 0.717) is 6.42 Å². The monoisotopic (exact) mass is 403 g/mol. The number of sulfonamides is 1. The van der Waals surface area contributed by atoms with Crippen LogP contribution in [0.3, 0.4) is 0 Å². The van der Waals surface area contributed by atoms with Crippen LogP contribution in [0.2, 0.25) is 0 Å². The third kappa shape index (κ3) is 6.56. The van der Waals surface area contributed by atoms with Crippen LogP contribution in [0.15, 0.2) is 114 Å². The van der Waals surface area contributed by atoms with Crippen LogP contribution in [0.4, 0.5) is 0 Å². The van der Waals surface area contributed by atoms with E-state index in [2.05, 4.69) is 35.1 Å². The molecule has 1 unspecified atom stereocenters. The molecule has 3 aromatic rings. The molecule has 0 aliphatic rings. The zero-order chi connectivity index (χ0) is 20.4. The predicted molar refractivity (Wildman–Crippen MR) is 120 cm³/mol. The minimum atomic E-state index is -3.59. The van der Waals surface area contributed by atoms with Crippen molar-refractivity contribution in [1.82, 2.24) is 4.72 Å². The minimum Gasteiger partial charge on any atom is -0.207 e. The van der Waals surface area contributed by atoms with Gasteiger partial charge in [0, 0.05) is 0 Å². The van der Waals surface area contributed by atoms with Crippen LogP contribution >= 0.6 is 0 Å². The first-order valence-corrected chi connectivity index (χ1v) is 11.1. The van der Waals surface area contributed by atoms with Gasteiger partial charge < -0.3 is 0 Å². The first-order valence-electron chi connectivity index (χ1n) is 9.64. The molecule has 4 heteroatoms. The van der Waals surface area contributed by atoms with Gasteiger partial charge in [0.05, 0.1) is 10.9 Å². The van der Waals surface area contributed by atoms with Crippen LogP contribution in [0.5, 0.6) is 0 Å². The fourth-order valence-electron chi connectivity index (χ4n) is 2.97. The highest BCUT2D eigenvalue weighted by atomic mass is 32.2. The molecular formula is C25H25NO2S. The summed E-state index contributed by atoms with van der Waals surface area (Å²) in [6.45, 7) is 0. The number of nitrogens with one attached hydrogen (secondary N) is 1. The summed E-state index contributed by atoms with van der Waals surface area (Å²) < 4.78 is 28.4. The van der Waals surface area contributed by atoms with E-state index < -0.39 is 10.0 Å². The first-order chi connectivity index (χ1) is 14.1. The standard InChI is InChI=1S/C25H25NO2S/c27-29(28,24-19-11-5-12-20-24)26-25(23-17-9-4-10-18-23)21-13-2-1-6-14-22-15-7-3-8-16-22/h2-20,25-26H,1,21H2/b13-2+,14-6+. The molecule has 0 saturated heterocycles. The van der Waals surface area contributed by atoms with Crippen LogP contribution < -0.4 is 4.72 Å². The molecule has 0 amide bonds. The van der Waals surface area contributed by atoms with Gasteiger partial charge in [-0.05, 0) is 36.1 Å². The molecule has 0 radical (unpaired) electrons. The lowest BCUT2D eigenvalue weighted by molar-refractivity contribution is 0.557. The highest BCUT2D eigenvalue weighted by Crippen LogP contribution is 2.21. The number of rotatable bonds is 9. The number of hydrogen-bond donors (Lipinski definition) is 1. The van der Waals surface area contributed by atoms with Crippen molar-refractivity contribution in [2.75, 3.05) is 0 Å². The molecule has 0 heterocycles. The van der Waals surface area contributed by atoms with Crippen LogP contribution in [-0.2, 0) is 10.0 Å². The molecule has 3 nitrogen and oxygen atoms in total. The fraction of sp³-hybridized carbons (Fsp3) is 0.120. The molecule has 0 fully saturated rings. The van der Waals surface area contributed by atoms with Gasteiger partial charge in [-0.25, -0.2) is 13.1 Å². The second-order valence-corrected chi connectivity index (χ2v) is 8.37. The Kier molecular flexibility index (Phi) is 7.56. The zero-order valence-electron chi connectivity index (χ0n) is 16.2. The Bertz CT molecular complexity index is 1030. The van der Waals surface area contributed by atoms with Crippen molar-refractivity contribution >= 4 is 16.1 Å². The van der Waals surface area contributed by atoms with Crippen molar-refractivity contribution in [3.05, 3.63) is 120 Å². The Labute approximate surface area is 173 Å². The Morgan fingerprint density at radius 3 is 1.97 bits per heavy atom. The summed E-state index contributed by atoms with van der Waals surface area (Å²) in [6, 6.07) is 28.0. The molecule has 0 bridgehead atoms. The summed E-state index contributed by atoms with van der Waals surface area (Å²) in [7, 11) is -3.59. The molecule has 0 aromatic heterocycles. The average molecular weight is 404 g/mol. The van der Waals surface area contributed by atoms with E-state index in [9.17, 15) is 8.42 Å². The summed E-state index contributed by atoms with van der Waals surface area (Å²) in [6.07, 6.45) is 9.64. The maximum Gasteiger partial charge on any atom is 0.241 e. The van der Waals surface area contributed by atoms with E-state index in [-0.39, 0.29) is 10.9 Å². The van der Waals surface area contributed by atoms with Gasteiger partial charge in [0.2, 0.25) is 10.0 Å². The fourth-order valence-corrected chi connectivity index (χ4v) is 4.23. The second-order valence-electron chi connectivity index (χ2n) is 6.65. The molecule has 3 rings (SSSR count). The molecule has 0 aliphatic heterocycles. The molecule has 1 atom stereocenters.